The van der Waals surface area contributed by atoms with Gasteiger partial charge in [0.05, 0.1) is 12.9 Å². The Hall–Kier alpha value is -2.46. The van der Waals surface area contributed by atoms with Crippen LogP contribution in [0.2, 0.25) is 0 Å². The number of nitrogens with one attached hydrogen (secondary N) is 3. The molecule has 0 unspecified atom stereocenters. The highest BCUT2D eigenvalue weighted by Gasteiger charge is 2.25. The van der Waals surface area contributed by atoms with Gasteiger partial charge in [-0.25, -0.2) is 9.78 Å². The maximum atomic E-state index is 11.9. The van der Waals surface area contributed by atoms with Crippen LogP contribution in [-0.4, -0.2) is 62.7 Å². The second kappa shape index (κ2) is 8.10. The molecule has 0 saturated carbocycles. The van der Waals surface area contributed by atoms with Gasteiger partial charge in [-0.15, -0.1) is 0 Å². The Morgan fingerprint density at radius 2 is 2.05 bits per heavy atom. The molecule has 0 bridgehead atoms. The molecule has 0 aromatic carbocycles. The Morgan fingerprint density at radius 3 is 2.55 bits per heavy atom. The van der Waals surface area contributed by atoms with Crippen molar-refractivity contribution >= 4 is 17.8 Å². The number of hydrogen-bond acceptors (Lipinski definition) is 6. The molecule has 22 heavy (non-hydrogen) atoms. The van der Waals surface area contributed by atoms with Crippen LogP contribution in [0, 0.1) is 0 Å². The van der Waals surface area contributed by atoms with Gasteiger partial charge >= 0.3 is 5.97 Å². The number of carbonyl (C=O) groups is 3. The average Bonchev–Trinajstić information content (AvgIpc) is 2.98. The Kier molecular flexibility index (Phi) is 6.47. The molecule has 1 aromatic rings. The fourth-order valence-electron chi connectivity index (χ4n) is 1.58. The molecule has 2 amide bonds. The van der Waals surface area contributed by atoms with E-state index in [0.29, 0.717) is 5.69 Å². The van der Waals surface area contributed by atoms with Crippen LogP contribution in [0.15, 0.2) is 12.5 Å². The van der Waals surface area contributed by atoms with Crippen LogP contribution in [0.25, 0.3) is 0 Å². The number of aliphatic carboxylic acids is 1. The number of aliphatic hydroxyl groups excluding tert-OH is 1. The standard InChI is InChI=1S/C12H19N5O5/c1-6(16-11(20)8(13)4-18)10(19)17-9(12(21)22)2-7-3-14-5-15-7/h3,5-6,8-9,18H,2,4,13H2,1H3,(H,14,15)(H,16,20)(H,17,19)(H,21,22)/t6-,8+,9-/m1/s1. The summed E-state index contributed by atoms with van der Waals surface area (Å²) in [5, 5.41) is 22.5. The van der Waals surface area contributed by atoms with E-state index in [1.807, 2.05) is 0 Å². The highest BCUT2D eigenvalue weighted by atomic mass is 16.4. The van der Waals surface area contributed by atoms with Gasteiger partial charge in [0, 0.05) is 18.3 Å². The van der Waals surface area contributed by atoms with Crippen molar-refractivity contribution in [3.05, 3.63) is 18.2 Å². The lowest BCUT2D eigenvalue weighted by atomic mass is 10.1. The topological polar surface area (TPSA) is 170 Å². The van der Waals surface area contributed by atoms with Gasteiger partial charge in [0.2, 0.25) is 11.8 Å². The number of carboxylic acid groups (broad SMARTS) is 1. The zero-order valence-electron chi connectivity index (χ0n) is 11.9. The first kappa shape index (κ1) is 17.6. The third kappa shape index (κ3) is 5.14. The lowest BCUT2D eigenvalue weighted by molar-refractivity contribution is -0.142. The lowest BCUT2D eigenvalue weighted by Gasteiger charge is -2.19. The minimum atomic E-state index is -1.21. The molecule has 0 fully saturated rings. The summed E-state index contributed by atoms with van der Waals surface area (Å²) < 4.78 is 0. The van der Waals surface area contributed by atoms with Gasteiger partial charge in [0.1, 0.15) is 18.1 Å². The van der Waals surface area contributed by atoms with E-state index in [1.54, 1.807) is 0 Å². The molecule has 10 heteroatoms. The van der Waals surface area contributed by atoms with Crippen molar-refractivity contribution in [2.45, 2.75) is 31.5 Å². The van der Waals surface area contributed by atoms with Crippen molar-refractivity contribution < 1.29 is 24.6 Å². The number of aromatic nitrogens is 2. The summed E-state index contributed by atoms with van der Waals surface area (Å²) in [6, 6.07) is -3.30. The summed E-state index contributed by atoms with van der Waals surface area (Å²) in [6.07, 6.45) is 2.88. The van der Waals surface area contributed by atoms with E-state index in [-0.39, 0.29) is 6.42 Å². The van der Waals surface area contributed by atoms with Crippen molar-refractivity contribution in [1.29, 1.82) is 0 Å². The predicted octanol–water partition coefficient (Wildman–Crippen LogP) is -2.65. The van der Waals surface area contributed by atoms with Crippen LogP contribution in [-0.2, 0) is 20.8 Å². The van der Waals surface area contributed by atoms with Crippen molar-refractivity contribution in [1.82, 2.24) is 20.6 Å². The molecule has 1 aromatic heterocycles. The van der Waals surface area contributed by atoms with Gasteiger partial charge < -0.3 is 31.6 Å². The Balaban J connectivity index is 2.59. The van der Waals surface area contributed by atoms with Crippen LogP contribution in [0.1, 0.15) is 12.6 Å². The molecule has 0 aliphatic carbocycles. The summed E-state index contributed by atoms with van der Waals surface area (Å²) in [5.74, 6) is -2.59. The molecule has 122 valence electrons. The number of H-pyrrole nitrogens is 1. The average molecular weight is 313 g/mol. The number of rotatable bonds is 8. The van der Waals surface area contributed by atoms with Crippen molar-refractivity contribution in [2.24, 2.45) is 5.73 Å². The van der Waals surface area contributed by atoms with Crippen LogP contribution in [0.4, 0.5) is 0 Å². The first-order valence-electron chi connectivity index (χ1n) is 6.52. The van der Waals surface area contributed by atoms with Crippen LogP contribution in [0.5, 0.6) is 0 Å². The summed E-state index contributed by atoms with van der Waals surface area (Å²) in [6.45, 7) is 0.824. The number of amides is 2. The summed E-state index contributed by atoms with van der Waals surface area (Å²) in [7, 11) is 0. The van der Waals surface area contributed by atoms with Gasteiger partial charge in [-0.2, -0.15) is 0 Å². The third-order valence-corrected chi connectivity index (χ3v) is 2.88. The second-order valence-electron chi connectivity index (χ2n) is 4.70. The van der Waals surface area contributed by atoms with Gasteiger partial charge in [-0.1, -0.05) is 0 Å². The Morgan fingerprint density at radius 1 is 1.36 bits per heavy atom. The molecule has 0 spiro atoms. The molecule has 1 rings (SSSR count). The first-order valence-corrected chi connectivity index (χ1v) is 6.52. The van der Waals surface area contributed by atoms with Crippen molar-refractivity contribution in [3.63, 3.8) is 0 Å². The molecule has 0 radical (unpaired) electrons. The molecule has 1 heterocycles. The van der Waals surface area contributed by atoms with E-state index >= 15 is 0 Å². The summed E-state index contributed by atoms with van der Waals surface area (Å²) >= 11 is 0. The number of carboxylic acids is 1. The molecular formula is C12H19N5O5. The third-order valence-electron chi connectivity index (χ3n) is 2.88. The van der Waals surface area contributed by atoms with Crippen LogP contribution < -0.4 is 16.4 Å². The maximum absolute atomic E-state index is 11.9. The van der Waals surface area contributed by atoms with Crippen LogP contribution >= 0.6 is 0 Å². The zero-order chi connectivity index (χ0) is 16.7. The number of carbonyl (C=O) groups excluding carboxylic acids is 2. The zero-order valence-corrected chi connectivity index (χ0v) is 11.9. The van der Waals surface area contributed by atoms with Gasteiger partial charge in [0.25, 0.3) is 0 Å². The quantitative estimate of drug-likeness (QED) is 0.304. The second-order valence-corrected chi connectivity index (χ2v) is 4.70. The molecular weight excluding hydrogens is 294 g/mol. The summed E-state index contributed by atoms with van der Waals surface area (Å²) in [4.78, 5) is 41.0. The Bertz CT molecular complexity index is 518. The predicted molar refractivity (Wildman–Crippen MR) is 74.5 cm³/mol. The fraction of sp³-hybridized carbons (Fsp3) is 0.500. The molecule has 7 N–H and O–H groups in total. The maximum Gasteiger partial charge on any atom is 0.326 e. The smallest absolute Gasteiger partial charge is 0.326 e. The number of nitrogens with zero attached hydrogens (tertiary/aromatic N) is 1. The lowest BCUT2D eigenvalue weighted by Crippen LogP contribution is -2.54. The number of aromatic amines is 1. The van der Waals surface area contributed by atoms with E-state index < -0.39 is 42.5 Å². The minimum Gasteiger partial charge on any atom is -0.480 e. The van der Waals surface area contributed by atoms with E-state index in [0.717, 1.165) is 0 Å². The highest BCUT2D eigenvalue weighted by molar-refractivity contribution is 5.91. The van der Waals surface area contributed by atoms with E-state index in [2.05, 4.69) is 20.6 Å². The van der Waals surface area contributed by atoms with Gasteiger partial charge in [0.15, 0.2) is 0 Å². The minimum absolute atomic E-state index is 0.0257. The van der Waals surface area contributed by atoms with Crippen molar-refractivity contribution in [3.8, 4) is 0 Å². The largest absolute Gasteiger partial charge is 0.480 e. The highest BCUT2D eigenvalue weighted by Crippen LogP contribution is 1.99. The number of imidazole rings is 1. The fourth-order valence-corrected chi connectivity index (χ4v) is 1.58. The number of hydrogen-bond donors (Lipinski definition) is 6. The van der Waals surface area contributed by atoms with E-state index in [4.69, 9.17) is 15.9 Å². The van der Waals surface area contributed by atoms with Gasteiger partial charge in [-0.3, -0.25) is 9.59 Å². The van der Waals surface area contributed by atoms with Crippen molar-refractivity contribution in [2.75, 3.05) is 6.61 Å². The molecule has 10 nitrogen and oxygen atoms in total. The number of aliphatic hydroxyl groups is 1. The molecule has 0 aliphatic heterocycles. The normalized spacial score (nSPS) is 14.7. The number of nitrogens with two attached hydrogens (primary N) is 1. The Labute approximate surface area is 126 Å². The van der Waals surface area contributed by atoms with Gasteiger partial charge in [-0.05, 0) is 6.92 Å². The summed E-state index contributed by atoms with van der Waals surface area (Å²) in [5.41, 5.74) is 5.85. The van der Waals surface area contributed by atoms with E-state index in [9.17, 15) is 14.4 Å². The first-order chi connectivity index (χ1) is 10.3. The van der Waals surface area contributed by atoms with E-state index in [1.165, 1.54) is 19.4 Å². The monoisotopic (exact) mass is 313 g/mol. The molecule has 0 saturated heterocycles. The van der Waals surface area contributed by atoms with Crippen LogP contribution in [0.3, 0.4) is 0 Å². The molecule has 0 aliphatic rings. The molecule has 3 atom stereocenters. The SMILES string of the molecule is C[C@@H](NC(=O)[C@@H](N)CO)C(=O)N[C@H](Cc1cnc[nH]1)C(=O)O.